The number of benzene rings is 2. The van der Waals surface area contributed by atoms with Crippen LogP contribution in [0.15, 0.2) is 70.7 Å². The maximum Gasteiger partial charge on any atom is 0.297 e. The molecule has 0 aliphatic carbocycles. The molecule has 0 bridgehead atoms. The molecule has 2 aromatic rings. The van der Waals surface area contributed by atoms with E-state index in [0.717, 1.165) is 0 Å². The molecular weight excluding hydrogens is 304 g/mol. The molecule has 8 heteroatoms. The molecule has 0 unspecified atom stereocenters. The normalized spacial score (nSPS) is 11.8. The van der Waals surface area contributed by atoms with E-state index in [1.165, 1.54) is 12.1 Å². The molecular formula is C14H14N4O3S. The number of carbonyl (C=O) groups excluding carboxylic acids is 1. The van der Waals surface area contributed by atoms with Gasteiger partial charge in [0.05, 0.1) is 10.6 Å². The van der Waals surface area contributed by atoms with Crippen LogP contribution in [0.25, 0.3) is 0 Å². The second kappa shape index (κ2) is 6.83. The van der Waals surface area contributed by atoms with Gasteiger partial charge >= 0.3 is 0 Å². The Balaban J connectivity index is 2.41. The van der Waals surface area contributed by atoms with Crippen LogP contribution in [0.1, 0.15) is 0 Å². The van der Waals surface area contributed by atoms with Gasteiger partial charge in [-0.25, -0.2) is 14.3 Å². The highest BCUT2D eigenvalue weighted by molar-refractivity contribution is 8.08. The first-order valence-electron chi connectivity index (χ1n) is 6.25. The van der Waals surface area contributed by atoms with E-state index >= 15 is 0 Å². The van der Waals surface area contributed by atoms with Gasteiger partial charge in [-0.3, -0.25) is 15.6 Å². The summed E-state index contributed by atoms with van der Waals surface area (Å²) in [6.45, 7) is 0. The largest absolute Gasteiger partial charge is 0.297 e. The van der Waals surface area contributed by atoms with Crippen molar-refractivity contribution in [3.63, 3.8) is 0 Å². The molecule has 0 fully saturated rings. The third kappa shape index (κ3) is 3.48. The zero-order chi connectivity index (χ0) is 16.0. The lowest BCUT2D eigenvalue weighted by Crippen LogP contribution is -2.40. The molecule has 0 spiro atoms. The molecule has 2 aromatic carbocycles. The Hall–Kier alpha value is -2.71. The molecule has 0 aliphatic heterocycles. The minimum absolute atomic E-state index is 0.0489. The van der Waals surface area contributed by atoms with Crippen molar-refractivity contribution in [1.29, 1.82) is 0 Å². The quantitative estimate of drug-likeness (QED) is 0.255. The van der Waals surface area contributed by atoms with Crippen molar-refractivity contribution in [2.45, 2.75) is 4.90 Å². The van der Waals surface area contributed by atoms with Gasteiger partial charge in [0.2, 0.25) is 14.9 Å². The second-order valence-corrected chi connectivity index (χ2v) is 6.05. The number of nitrogens with two attached hydrogens (primary N) is 1. The first-order chi connectivity index (χ1) is 10.6. The van der Waals surface area contributed by atoms with E-state index in [9.17, 15) is 13.2 Å². The average molecular weight is 318 g/mol. The summed E-state index contributed by atoms with van der Waals surface area (Å²) in [6, 6.07) is 16.1. The molecule has 0 aromatic heterocycles. The zero-order valence-corrected chi connectivity index (χ0v) is 12.2. The average Bonchev–Trinajstić information content (AvgIpc) is 2.56. The number of para-hydroxylation sites is 1. The molecule has 0 aliphatic rings. The Bertz CT molecular complexity index is 774. The van der Waals surface area contributed by atoms with Crippen molar-refractivity contribution in [3.05, 3.63) is 60.7 Å². The molecule has 0 radical (unpaired) electrons. The number of amides is 1. The predicted molar refractivity (Wildman–Crippen MR) is 83.5 cm³/mol. The summed E-state index contributed by atoms with van der Waals surface area (Å²) in [5.74, 6) is 4.04. The van der Waals surface area contributed by atoms with Crippen molar-refractivity contribution in [3.8, 4) is 0 Å². The lowest BCUT2D eigenvalue weighted by molar-refractivity contribution is -0.114. The molecule has 0 atom stereocenters. The van der Waals surface area contributed by atoms with Gasteiger partial charge in [0.1, 0.15) is 0 Å². The molecule has 7 nitrogen and oxygen atoms in total. The SMILES string of the molecule is NNC(=O)C(=NNc1ccccc1)S(=O)(=O)c1ccccc1. The number of anilines is 1. The monoisotopic (exact) mass is 318 g/mol. The molecule has 4 N–H and O–H groups in total. The highest BCUT2D eigenvalue weighted by atomic mass is 32.2. The van der Waals surface area contributed by atoms with Crippen molar-refractivity contribution in [1.82, 2.24) is 5.43 Å². The smallest absolute Gasteiger partial charge is 0.288 e. The summed E-state index contributed by atoms with van der Waals surface area (Å²) < 4.78 is 24.9. The maximum absolute atomic E-state index is 12.5. The minimum Gasteiger partial charge on any atom is -0.288 e. The fourth-order valence-corrected chi connectivity index (χ4v) is 2.84. The van der Waals surface area contributed by atoms with E-state index in [4.69, 9.17) is 5.84 Å². The maximum atomic E-state index is 12.5. The molecule has 0 heterocycles. The first-order valence-corrected chi connectivity index (χ1v) is 7.74. The van der Waals surface area contributed by atoms with Crippen LogP contribution in [-0.2, 0) is 14.6 Å². The van der Waals surface area contributed by atoms with Crippen LogP contribution in [0, 0.1) is 0 Å². The van der Waals surface area contributed by atoms with Gasteiger partial charge in [0.15, 0.2) is 0 Å². The third-order valence-corrected chi connectivity index (χ3v) is 4.37. The number of hydrazine groups is 1. The molecule has 1 amide bonds. The highest BCUT2D eigenvalue weighted by Gasteiger charge is 2.29. The summed E-state index contributed by atoms with van der Waals surface area (Å²) >= 11 is 0. The summed E-state index contributed by atoms with van der Waals surface area (Å²) in [5, 5.41) is 2.98. The van der Waals surface area contributed by atoms with Crippen LogP contribution in [-0.4, -0.2) is 19.4 Å². The van der Waals surface area contributed by atoms with Gasteiger partial charge in [0, 0.05) is 0 Å². The molecule has 114 valence electrons. The lowest BCUT2D eigenvalue weighted by atomic mass is 10.3. The zero-order valence-electron chi connectivity index (χ0n) is 11.4. The number of nitrogens with one attached hydrogen (secondary N) is 2. The number of nitrogens with zero attached hydrogens (tertiary/aromatic N) is 1. The van der Waals surface area contributed by atoms with Gasteiger partial charge < -0.3 is 0 Å². The van der Waals surface area contributed by atoms with E-state index in [2.05, 4.69) is 10.5 Å². The standard InChI is InChI=1S/C14H14N4O3S/c15-16-13(19)14(18-17-11-7-3-1-4-8-11)22(20,21)12-9-5-2-6-10-12/h1-10,17H,15H2,(H,16,19). The molecule has 0 saturated heterocycles. The Labute approximate surface area is 127 Å². The summed E-state index contributed by atoms with van der Waals surface area (Å²) in [4.78, 5) is 11.7. The second-order valence-electron chi connectivity index (χ2n) is 4.18. The number of sulfone groups is 1. The topological polar surface area (TPSA) is 114 Å². The van der Waals surface area contributed by atoms with Crippen molar-refractivity contribution in [2.24, 2.45) is 10.9 Å². The van der Waals surface area contributed by atoms with Gasteiger partial charge in [-0.15, -0.1) is 0 Å². The summed E-state index contributed by atoms with van der Waals surface area (Å²) in [7, 11) is -4.09. The Morgan fingerprint density at radius 1 is 0.955 bits per heavy atom. The van der Waals surface area contributed by atoms with Crippen LogP contribution in [0.2, 0.25) is 0 Å². The fraction of sp³-hybridized carbons (Fsp3) is 0. The number of carbonyl (C=O) groups is 1. The van der Waals surface area contributed by atoms with Gasteiger partial charge in [-0.05, 0) is 24.3 Å². The lowest BCUT2D eigenvalue weighted by Gasteiger charge is -2.07. The van der Waals surface area contributed by atoms with Gasteiger partial charge in [-0.1, -0.05) is 36.4 Å². The van der Waals surface area contributed by atoms with E-state index < -0.39 is 20.8 Å². The van der Waals surface area contributed by atoms with Crippen LogP contribution in [0.5, 0.6) is 0 Å². The minimum atomic E-state index is -4.09. The predicted octanol–water partition coefficient (Wildman–Crippen LogP) is 0.876. The fourth-order valence-electron chi connectivity index (χ4n) is 1.63. The Morgan fingerprint density at radius 2 is 1.50 bits per heavy atom. The van der Waals surface area contributed by atoms with Crippen molar-refractivity contribution in [2.75, 3.05) is 5.43 Å². The number of rotatable bonds is 3. The van der Waals surface area contributed by atoms with E-state index in [1.807, 2.05) is 0 Å². The van der Waals surface area contributed by atoms with Crippen molar-refractivity contribution >= 4 is 26.5 Å². The highest BCUT2D eigenvalue weighted by Crippen LogP contribution is 2.13. The Kier molecular flexibility index (Phi) is 4.87. The number of hydrogen-bond donors (Lipinski definition) is 3. The molecule has 0 saturated carbocycles. The summed E-state index contributed by atoms with van der Waals surface area (Å²) in [6.07, 6.45) is 0. The van der Waals surface area contributed by atoms with Crippen molar-refractivity contribution < 1.29 is 13.2 Å². The van der Waals surface area contributed by atoms with E-state index in [1.54, 1.807) is 54.0 Å². The number of hydrogen-bond acceptors (Lipinski definition) is 6. The van der Waals surface area contributed by atoms with Crippen LogP contribution >= 0.6 is 0 Å². The molecule has 2 rings (SSSR count). The van der Waals surface area contributed by atoms with E-state index in [0.29, 0.717) is 5.69 Å². The van der Waals surface area contributed by atoms with E-state index in [-0.39, 0.29) is 4.90 Å². The number of hydrazone groups is 1. The van der Waals surface area contributed by atoms with Gasteiger partial charge in [-0.2, -0.15) is 5.10 Å². The Morgan fingerprint density at radius 3 is 2.05 bits per heavy atom. The third-order valence-electron chi connectivity index (χ3n) is 2.69. The summed E-state index contributed by atoms with van der Waals surface area (Å²) in [5.41, 5.74) is 4.85. The van der Waals surface area contributed by atoms with Gasteiger partial charge in [0.25, 0.3) is 5.91 Å². The molecule has 22 heavy (non-hydrogen) atoms. The van der Waals surface area contributed by atoms with Crippen LogP contribution in [0.4, 0.5) is 5.69 Å². The van der Waals surface area contributed by atoms with Crippen LogP contribution in [0.3, 0.4) is 0 Å². The first kappa shape index (κ1) is 15.7. The van der Waals surface area contributed by atoms with Crippen LogP contribution < -0.4 is 16.7 Å².